The maximum atomic E-state index is 12.9. The quantitative estimate of drug-likeness (QED) is 0.150. The van der Waals surface area contributed by atoms with E-state index < -0.39 is 5.60 Å². The third-order valence-corrected chi connectivity index (χ3v) is 7.82. The first-order valence-electron chi connectivity index (χ1n) is 14.2. The number of piperidine rings is 1. The molecule has 0 N–H and O–H groups in total. The molecular formula is C34H37NO6S. The van der Waals surface area contributed by atoms with Crippen LogP contribution >= 0.6 is 11.3 Å². The van der Waals surface area contributed by atoms with Gasteiger partial charge < -0.3 is 23.8 Å². The number of likely N-dealkylation sites (tertiary alicyclic amines) is 1. The van der Waals surface area contributed by atoms with Crippen molar-refractivity contribution in [2.45, 2.75) is 51.4 Å². The lowest BCUT2D eigenvalue weighted by Crippen LogP contribution is -2.48. The summed E-state index contributed by atoms with van der Waals surface area (Å²) in [5.41, 5.74) is 2.20. The van der Waals surface area contributed by atoms with Gasteiger partial charge in [-0.25, -0.2) is 9.59 Å². The molecule has 1 aliphatic rings. The summed E-state index contributed by atoms with van der Waals surface area (Å²) in [5.74, 6) is 0.456. The van der Waals surface area contributed by atoms with Gasteiger partial charge in [-0.15, -0.1) is 0 Å². The minimum Gasteiger partial charge on any atom is -0.490 e. The lowest BCUT2D eigenvalue weighted by atomic mass is 9.87. The van der Waals surface area contributed by atoms with Crippen LogP contribution < -0.4 is 4.74 Å². The molecule has 1 aliphatic heterocycles. The van der Waals surface area contributed by atoms with Crippen molar-refractivity contribution < 1.29 is 28.5 Å². The van der Waals surface area contributed by atoms with Crippen LogP contribution in [-0.2, 0) is 20.8 Å². The summed E-state index contributed by atoms with van der Waals surface area (Å²) in [6, 6.07) is 24.3. The van der Waals surface area contributed by atoms with Crippen molar-refractivity contribution in [3.05, 3.63) is 100 Å². The standard InChI is InChI=1S/C34H37NO6S/c1-34(2,3)41-33(37)35-16-14-30(31(21-35)40-22-24-8-9-25-6-4-5-7-27(25)20-24)26-10-12-29(13-11-26)38-17-18-39-32(36)28-15-19-42-23-28/h4-13,15,19-20,23,30-31H,14,16-18,21-22H2,1-3H3. The van der Waals surface area contributed by atoms with Crippen LogP contribution in [0.2, 0.25) is 0 Å². The topological polar surface area (TPSA) is 74.3 Å². The van der Waals surface area contributed by atoms with E-state index in [1.54, 1.807) is 16.3 Å². The van der Waals surface area contributed by atoms with Gasteiger partial charge in [-0.05, 0) is 78.7 Å². The maximum Gasteiger partial charge on any atom is 0.410 e. The first-order chi connectivity index (χ1) is 20.2. The van der Waals surface area contributed by atoms with Gasteiger partial charge in [0, 0.05) is 17.8 Å². The summed E-state index contributed by atoms with van der Waals surface area (Å²) < 4.78 is 23.3. The van der Waals surface area contributed by atoms with Crippen molar-refractivity contribution >= 4 is 34.2 Å². The molecule has 2 heterocycles. The van der Waals surface area contributed by atoms with Gasteiger partial charge in [-0.3, -0.25) is 0 Å². The van der Waals surface area contributed by atoms with Gasteiger partial charge in [-0.2, -0.15) is 11.3 Å². The number of rotatable bonds is 9. The highest BCUT2D eigenvalue weighted by atomic mass is 32.1. The predicted molar refractivity (Wildman–Crippen MR) is 164 cm³/mol. The number of carbonyl (C=O) groups is 2. The molecule has 2 atom stereocenters. The van der Waals surface area contributed by atoms with Gasteiger partial charge in [0.1, 0.15) is 24.6 Å². The van der Waals surface area contributed by atoms with E-state index in [0.29, 0.717) is 31.0 Å². The molecule has 0 aliphatic carbocycles. The molecule has 42 heavy (non-hydrogen) atoms. The van der Waals surface area contributed by atoms with Crippen LogP contribution in [0.15, 0.2) is 83.6 Å². The number of ether oxygens (including phenoxy) is 4. The Hall–Kier alpha value is -3.88. The third-order valence-electron chi connectivity index (χ3n) is 7.14. The van der Waals surface area contributed by atoms with Gasteiger partial charge in [0.15, 0.2) is 0 Å². The lowest BCUT2D eigenvalue weighted by molar-refractivity contribution is -0.0359. The Labute approximate surface area is 251 Å². The van der Waals surface area contributed by atoms with E-state index in [0.717, 1.165) is 17.5 Å². The summed E-state index contributed by atoms with van der Waals surface area (Å²) in [4.78, 5) is 26.6. The first-order valence-corrected chi connectivity index (χ1v) is 15.2. The summed E-state index contributed by atoms with van der Waals surface area (Å²) in [6.45, 7) is 7.54. The van der Waals surface area contributed by atoms with Gasteiger partial charge in [0.2, 0.25) is 0 Å². The summed E-state index contributed by atoms with van der Waals surface area (Å²) in [5, 5.41) is 5.97. The minimum absolute atomic E-state index is 0.102. The molecule has 1 saturated heterocycles. The van der Waals surface area contributed by atoms with E-state index in [4.69, 9.17) is 18.9 Å². The maximum absolute atomic E-state index is 12.9. The second kappa shape index (κ2) is 13.4. The normalized spacial score (nSPS) is 17.2. The Morgan fingerprint density at radius 1 is 0.952 bits per heavy atom. The molecule has 4 aromatic rings. The Morgan fingerprint density at radius 2 is 1.74 bits per heavy atom. The zero-order chi connectivity index (χ0) is 29.5. The number of hydrogen-bond acceptors (Lipinski definition) is 7. The van der Waals surface area contributed by atoms with Crippen LogP contribution in [0.25, 0.3) is 10.8 Å². The second-order valence-electron chi connectivity index (χ2n) is 11.4. The summed E-state index contributed by atoms with van der Waals surface area (Å²) in [7, 11) is 0. The SMILES string of the molecule is CC(C)(C)OC(=O)N1CCC(c2ccc(OCCOC(=O)c3ccsc3)cc2)C(OCc2ccc3ccccc3c2)C1. The van der Waals surface area contributed by atoms with Crippen molar-refractivity contribution in [2.75, 3.05) is 26.3 Å². The van der Waals surface area contributed by atoms with E-state index >= 15 is 0 Å². The fraction of sp³-hybridized carbons (Fsp3) is 0.353. The number of esters is 1. The molecule has 0 bridgehead atoms. The predicted octanol–water partition coefficient (Wildman–Crippen LogP) is 7.45. The van der Waals surface area contributed by atoms with Crippen molar-refractivity contribution in [3.63, 3.8) is 0 Å². The molecule has 8 heteroatoms. The smallest absolute Gasteiger partial charge is 0.410 e. The lowest BCUT2D eigenvalue weighted by Gasteiger charge is -2.39. The molecule has 3 aromatic carbocycles. The zero-order valence-electron chi connectivity index (χ0n) is 24.3. The monoisotopic (exact) mass is 587 g/mol. The minimum atomic E-state index is -0.562. The average Bonchev–Trinajstić information content (AvgIpc) is 3.53. The van der Waals surface area contributed by atoms with Crippen molar-refractivity contribution in [3.8, 4) is 5.75 Å². The van der Waals surface area contributed by atoms with Crippen LogP contribution in [0.1, 0.15) is 54.6 Å². The van der Waals surface area contributed by atoms with Crippen molar-refractivity contribution in [2.24, 2.45) is 0 Å². The fourth-order valence-corrected chi connectivity index (χ4v) is 5.69. The molecule has 0 spiro atoms. The van der Waals surface area contributed by atoms with Crippen LogP contribution in [0, 0.1) is 0 Å². The molecule has 1 fully saturated rings. The number of amides is 1. The Morgan fingerprint density at radius 3 is 2.48 bits per heavy atom. The molecule has 2 unspecified atom stereocenters. The van der Waals surface area contributed by atoms with Crippen LogP contribution in [-0.4, -0.2) is 55.0 Å². The van der Waals surface area contributed by atoms with Gasteiger partial charge in [0.25, 0.3) is 0 Å². The molecule has 5 rings (SSSR count). The molecule has 0 radical (unpaired) electrons. The number of fused-ring (bicyclic) bond motifs is 1. The highest BCUT2D eigenvalue weighted by Gasteiger charge is 2.35. The largest absolute Gasteiger partial charge is 0.490 e. The van der Waals surface area contributed by atoms with E-state index in [2.05, 4.69) is 30.3 Å². The molecular weight excluding hydrogens is 550 g/mol. The number of hydrogen-bond donors (Lipinski definition) is 0. The number of benzene rings is 3. The van der Waals surface area contributed by atoms with Crippen molar-refractivity contribution in [1.29, 1.82) is 0 Å². The van der Waals surface area contributed by atoms with E-state index in [-0.39, 0.29) is 37.3 Å². The number of nitrogens with zero attached hydrogens (tertiary/aromatic N) is 1. The molecule has 7 nitrogen and oxygen atoms in total. The van der Waals surface area contributed by atoms with E-state index in [9.17, 15) is 9.59 Å². The van der Waals surface area contributed by atoms with Crippen LogP contribution in [0.5, 0.6) is 5.75 Å². The van der Waals surface area contributed by atoms with Gasteiger partial charge in [-0.1, -0.05) is 48.5 Å². The van der Waals surface area contributed by atoms with Gasteiger partial charge >= 0.3 is 12.1 Å². The van der Waals surface area contributed by atoms with Crippen LogP contribution in [0.3, 0.4) is 0 Å². The highest BCUT2D eigenvalue weighted by molar-refractivity contribution is 7.08. The second-order valence-corrected chi connectivity index (χ2v) is 12.2. The third kappa shape index (κ3) is 7.89. The van der Waals surface area contributed by atoms with E-state index in [1.165, 1.54) is 22.1 Å². The zero-order valence-corrected chi connectivity index (χ0v) is 25.1. The highest BCUT2D eigenvalue weighted by Crippen LogP contribution is 2.33. The number of thiophene rings is 1. The van der Waals surface area contributed by atoms with Crippen LogP contribution in [0.4, 0.5) is 4.79 Å². The Kier molecular flexibility index (Phi) is 9.45. The average molecular weight is 588 g/mol. The number of carbonyl (C=O) groups excluding carboxylic acids is 2. The summed E-state index contributed by atoms with van der Waals surface area (Å²) in [6.07, 6.45) is 0.227. The molecule has 220 valence electrons. The van der Waals surface area contributed by atoms with E-state index in [1.807, 2.05) is 62.5 Å². The fourth-order valence-electron chi connectivity index (χ4n) is 5.06. The Bertz CT molecular complexity index is 1480. The first kappa shape index (κ1) is 29.6. The molecule has 0 saturated carbocycles. The molecule has 1 aromatic heterocycles. The van der Waals surface area contributed by atoms with Gasteiger partial charge in [0.05, 0.1) is 24.8 Å². The van der Waals surface area contributed by atoms with Crippen molar-refractivity contribution in [1.82, 2.24) is 4.90 Å². The molecule has 1 amide bonds. The Balaban J connectivity index is 1.22. The summed E-state index contributed by atoms with van der Waals surface area (Å²) >= 11 is 1.46.